The van der Waals surface area contributed by atoms with E-state index in [2.05, 4.69) is 6.07 Å². The molecule has 0 bridgehead atoms. The first-order valence-corrected chi connectivity index (χ1v) is 8.79. The number of phenolic OH excluding ortho intramolecular Hbond substituents is 1. The van der Waals surface area contributed by atoms with Gasteiger partial charge in [-0.25, -0.2) is 0 Å². The van der Waals surface area contributed by atoms with E-state index in [1.165, 1.54) is 24.0 Å². The van der Waals surface area contributed by atoms with E-state index < -0.39 is 5.97 Å². The number of hydrogen-bond acceptors (Lipinski definition) is 5. The lowest BCUT2D eigenvalue weighted by Gasteiger charge is -2.28. The molecular weight excluding hydrogens is 346 g/mol. The van der Waals surface area contributed by atoms with Crippen LogP contribution < -0.4 is 0 Å². The minimum absolute atomic E-state index is 0.00783. The van der Waals surface area contributed by atoms with Gasteiger partial charge in [-0.2, -0.15) is 0 Å². The van der Waals surface area contributed by atoms with Gasteiger partial charge in [0.25, 0.3) is 5.91 Å². The van der Waals surface area contributed by atoms with Gasteiger partial charge in [-0.1, -0.05) is 24.3 Å². The number of aromatic hydroxyl groups is 1. The molecule has 138 valence electrons. The van der Waals surface area contributed by atoms with Crippen molar-refractivity contribution in [2.75, 3.05) is 13.2 Å². The summed E-state index contributed by atoms with van der Waals surface area (Å²) in [5, 5.41) is 10.2. The number of carbonyl (C=O) groups is 2. The molecule has 0 fully saturated rings. The summed E-state index contributed by atoms with van der Waals surface area (Å²) in [5.41, 5.74) is 3.56. The normalized spacial score (nSPS) is 13.4. The van der Waals surface area contributed by atoms with Crippen molar-refractivity contribution >= 4 is 22.8 Å². The minimum atomic E-state index is -0.489. The summed E-state index contributed by atoms with van der Waals surface area (Å²) in [4.78, 5) is 26.2. The number of ether oxygens (including phenoxy) is 1. The smallest absolute Gasteiger partial charge is 0.310 e. The summed E-state index contributed by atoms with van der Waals surface area (Å²) in [5.74, 6) is -0.587. The second kappa shape index (κ2) is 7.15. The van der Waals surface area contributed by atoms with Crippen LogP contribution in [0.2, 0.25) is 0 Å². The molecule has 0 saturated carbocycles. The average molecular weight is 365 g/mol. The first kappa shape index (κ1) is 17.1. The number of phenols is 1. The Labute approximate surface area is 156 Å². The molecule has 0 atom stereocenters. The Morgan fingerprint density at radius 1 is 1.15 bits per heavy atom. The molecule has 0 radical (unpaired) electrons. The molecule has 0 spiro atoms. The van der Waals surface area contributed by atoms with Crippen LogP contribution in [0.4, 0.5) is 0 Å². The van der Waals surface area contributed by atoms with Gasteiger partial charge in [0, 0.05) is 30.1 Å². The highest BCUT2D eigenvalue weighted by atomic mass is 16.5. The highest BCUT2D eigenvalue weighted by molar-refractivity contribution is 5.87. The predicted molar refractivity (Wildman–Crippen MR) is 98.1 cm³/mol. The summed E-state index contributed by atoms with van der Waals surface area (Å²) in [6, 6.07) is 12.8. The zero-order valence-corrected chi connectivity index (χ0v) is 14.7. The largest absolute Gasteiger partial charge is 0.508 e. The summed E-state index contributed by atoms with van der Waals surface area (Å²) in [6.45, 7) is 0.906. The van der Waals surface area contributed by atoms with Crippen LogP contribution >= 0.6 is 0 Å². The highest BCUT2D eigenvalue weighted by Gasteiger charge is 2.21. The van der Waals surface area contributed by atoms with Crippen LogP contribution in [0.3, 0.4) is 0 Å². The van der Waals surface area contributed by atoms with Crippen LogP contribution in [0, 0.1) is 0 Å². The quantitative estimate of drug-likeness (QED) is 0.719. The first-order valence-electron chi connectivity index (χ1n) is 8.79. The minimum Gasteiger partial charge on any atom is -0.508 e. The van der Waals surface area contributed by atoms with E-state index in [4.69, 9.17) is 9.15 Å². The Bertz CT molecular complexity index is 1010. The molecule has 2 aromatic carbocycles. The summed E-state index contributed by atoms with van der Waals surface area (Å²) >= 11 is 0. The third-order valence-electron chi connectivity index (χ3n) is 4.81. The summed E-state index contributed by atoms with van der Waals surface area (Å²) in [6.07, 6.45) is 2.28. The highest BCUT2D eigenvalue weighted by Crippen LogP contribution is 2.25. The van der Waals surface area contributed by atoms with E-state index >= 15 is 0 Å². The molecule has 0 unspecified atom stereocenters. The number of amides is 1. The zero-order valence-electron chi connectivity index (χ0n) is 14.7. The van der Waals surface area contributed by atoms with Crippen LogP contribution in [0.5, 0.6) is 5.75 Å². The average Bonchev–Trinajstić information content (AvgIpc) is 3.07. The third-order valence-corrected chi connectivity index (χ3v) is 4.81. The number of hydrogen-bond donors (Lipinski definition) is 1. The Morgan fingerprint density at radius 2 is 1.96 bits per heavy atom. The van der Waals surface area contributed by atoms with Gasteiger partial charge in [0.05, 0.1) is 12.7 Å². The molecule has 0 saturated heterocycles. The molecule has 2 heterocycles. The van der Waals surface area contributed by atoms with Crippen molar-refractivity contribution in [1.29, 1.82) is 0 Å². The number of fused-ring (bicyclic) bond motifs is 2. The number of furan rings is 1. The molecule has 0 aliphatic carbocycles. The molecule has 1 aliphatic heterocycles. The lowest BCUT2D eigenvalue weighted by atomic mass is 10.00. The second-order valence-electron chi connectivity index (χ2n) is 6.61. The number of esters is 1. The maximum absolute atomic E-state index is 12.4. The van der Waals surface area contributed by atoms with Crippen molar-refractivity contribution in [3.8, 4) is 5.75 Å². The molecule has 1 aromatic heterocycles. The zero-order chi connectivity index (χ0) is 18.8. The van der Waals surface area contributed by atoms with Crippen LogP contribution in [-0.4, -0.2) is 35.0 Å². The number of nitrogens with zero attached hydrogens (tertiary/aromatic N) is 1. The van der Waals surface area contributed by atoms with Crippen LogP contribution in [0.15, 0.2) is 53.1 Å². The molecular formula is C21H19NO5. The van der Waals surface area contributed by atoms with Gasteiger partial charge in [-0.05, 0) is 29.7 Å². The summed E-state index contributed by atoms with van der Waals surface area (Å²) < 4.78 is 10.5. The second-order valence-corrected chi connectivity index (χ2v) is 6.61. The van der Waals surface area contributed by atoms with Crippen molar-refractivity contribution in [2.45, 2.75) is 19.4 Å². The summed E-state index contributed by atoms with van der Waals surface area (Å²) in [7, 11) is 0. The maximum Gasteiger partial charge on any atom is 0.310 e. The lowest BCUT2D eigenvalue weighted by molar-refractivity contribution is -0.151. The Balaban J connectivity index is 1.33. The van der Waals surface area contributed by atoms with Gasteiger partial charge in [0.2, 0.25) is 0 Å². The van der Waals surface area contributed by atoms with Gasteiger partial charge in [0.1, 0.15) is 11.3 Å². The third kappa shape index (κ3) is 3.65. The van der Waals surface area contributed by atoms with Crippen molar-refractivity contribution in [1.82, 2.24) is 4.90 Å². The Hall–Kier alpha value is -3.28. The van der Waals surface area contributed by atoms with Crippen molar-refractivity contribution in [3.63, 3.8) is 0 Å². The maximum atomic E-state index is 12.4. The Kier molecular flexibility index (Phi) is 4.54. The Morgan fingerprint density at radius 3 is 2.81 bits per heavy atom. The number of benzene rings is 2. The fourth-order valence-corrected chi connectivity index (χ4v) is 3.36. The van der Waals surface area contributed by atoms with Crippen LogP contribution in [-0.2, 0) is 33.7 Å². The fourth-order valence-electron chi connectivity index (χ4n) is 3.36. The van der Waals surface area contributed by atoms with E-state index in [1.807, 2.05) is 18.2 Å². The molecule has 27 heavy (non-hydrogen) atoms. The van der Waals surface area contributed by atoms with E-state index in [-0.39, 0.29) is 24.7 Å². The van der Waals surface area contributed by atoms with Crippen LogP contribution in [0.25, 0.3) is 11.0 Å². The van der Waals surface area contributed by atoms with E-state index in [0.717, 1.165) is 17.4 Å². The van der Waals surface area contributed by atoms with Gasteiger partial charge in [-0.3, -0.25) is 9.59 Å². The van der Waals surface area contributed by atoms with E-state index in [0.29, 0.717) is 24.2 Å². The van der Waals surface area contributed by atoms with Crippen molar-refractivity contribution < 1.29 is 23.8 Å². The molecule has 4 rings (SSSR count). The van der Waals surface area contributed by atoms with E-state index in [1.54, 1.807) is 11.0 Å². The van der Waals surface area contributed by atoms with Crippen LogP contribution in [0.1, 0.15) is 16.7 Å². The standard InChI is InChI=1S/C21H19NO5/c23-17-5-6-18-16(12-26-19(18)10-17)9-21(25)27-13-20(24)22-8-7-14-3-1-2-4-15(14)11-22/h1-6,10,12,23H,7-9,11,13H2. The van der Waals surface area contributed by atoms with Gasteiger partial charge < -0.3 is 19.2 Å². The van der Waals surface area contributed by atoms with Gasteiger partial charge >= 0.3 is 5.97 Å². The SMILES string of the molecule is O=C(Cc1coc2cc(O)ccc12)OCC(=O)N1CCc2ccccc2C1. The number of carbonyl (C=O) groups excluding carboxylic acids is 2. The molecule has 3 aromatic rings. The van der Waals surface area contributed by atoms with Gasteiger partial charge in [-0.15, -0.1) is 0 Å². The number of rotatable bonds is 4. The van der Waals surface area contributed by atoms with E-state index in [9.17, 15) is 14.7 Å². The van der Waals surface area contributed by atoms with Crippen molar-refractivity contribution in [3.05, 3.63) is 65.4 Å². The topological polar surface area (TPSA) is 80.0 Å². The van der Waals surface area contributed by atoms with Crippen molar-refractivity contribution in [2.24, 2.45) is 0 Å². The monoisotopic (exact) mass is 365 g/mol. The predicted octanol–water partition coefficient (Wildman–Crippen LogP) is 2.81. The molecule has 6 heteroatoms. The first-order chi connectivity index (χ1) is 13.1. The molecule has 6 nitrogen and oxygen atoms in total. The lowest BCUT2D eigenvalue weighted by Crippen LogP contribution is -2.38. The van der Waals surface area contributed by atoms with Gasteiger partial charge in [0.15, 0.2) is 6.61 Å². The molecule has 1 N–H and O–H groups in total. The molecule has 1 aliphatic rings. The molecule has 1 amide bonds. The fraction of sp³-hybridized carbons (Fsp3) is 0.238.